The molecule has 0 aliphatic rings. The second kappa shape index (κ2) is 6.42. The molecule has 76 valence electrons. The molecule has 0 aromatic carbocycles. The van der Waals surface area contributed by atoms with Gasteiger partial charge in [-0.05, 0) is 13.3 Å². The lowest BCUT2D eigenvalue weighted by atomic mass is 10.2. The first kappa shape index (κ1) is 11.9. The van der Waals surface area contributed by atoms with Crippen LogP contribution in [0.2, 0.25) is 0 Å². The van der Waals surface area contributed by atoms with Crippen LogP contribution >= 0.6 is 0 Å². The van der Waals surface area contributed by atoms with Gasteiger partial charge in [0.1, 0.15) is 0 Å². The van der Waals surface area contributed by atoms with Crippen LogP contribution < -0.4 is 0 Å². The molecule has 0 rings (SSSR count). The van der Waals surface area contributed by atoms with Gasteiger partial charge in [0.05, 0.1) is 6.61 Å². The third-order valence-corrected chi connectivity index (χ3v) is 1.44. The van der Waals surface area contributed by atoms with E-state index in [0.717, 1.165) is 0 Å². The van der Waals surface area contributed by atoms with Gasteiger partial charge in [-0.2, -0.15) is 0 Å². The number of esters is 1. The molecular formula is C8H15NO4. The molecule has 0 aromatic heterocycles. The zero-order valence-electron chi connectivity index (χ0n) is 7.95. The molecule has 0 fully saturated rings. The van der Waals surface area contributed by atoms with E-state index in [2.05, 4.69) is 4.74 Å². The van der Waals surface area contributed by atoms with Gasteiger partial charge in [-0.25, -0.2) is 5.06 Å². The average Bonchev–Trinajstić information content (AvgIpc) is 2.04. The molecular weight excluding hydrogens is 174 g/mol. The van der Waals surface area contributed by atoms with Gasteiger partial charge in [-0.3, -0.25) is 14.8 Å². The largest absolute Gasteiger partial charge is 0.466 e. The van der Waals surface area contributed by atoms with Gasteiger partial charge < -0.3 is 4.74 Å². The highest BCUT2D eigenvalue weighted by Gasteiger charge is 2.07. The Balaban J connectivity index is 3.45. The minimum atomic E-state index is -0.399. The maximum absolute atomic E-state index is 10.8. The Bertz CT molecular complexity index is 179. The van der Waals surface area contributed by atoms with Gasteiger partial charge in [0.2, 0.25) is 5.91 Å². The molecule has 0 radical (unpaired) electrons. The Morgan fingerprint density at radius 1 is 1.38 bits per heavy atom. The number of hydroxylamine groups is 2. The Morgan fingerprint density at radius 3 is 2.46 bits per heavy atom. The normalized spacial score (nSPS) is 9.46. The number of hydrogen-bond acceptors (Lipinski definition) is 4. The summed E-state index contributed by atoms with van der Waals surface area (Å²) < 4.78 is 4.66. The van der Waals surface area contributed by atoms with E-state index in [0.29, 0.717) is 18.1 Å². The highest BCUT2D eigenvalue weighted by molar-refractivity contribution is 5.75. The molecule has 1 amide bonds. The van der Waals surface area contributed by atoms with Crippen LogP contribution in [0.3, 0.4) is 0 Å². The summed E-state index contributed by atoms with van der Waals surface area (Å²) in [6, 6.07) is 0. The monoisotopic (exact) mass is 189 g/mol. The van der Waals surface area contributed by atoms with Gasteiger partial charge in [0.15, 0.2) is 0 Å². The van der Waals surface area contributed by atoms with Crippen LogP contribution in [0.5, 0.6) is 0 Å². The van der Waals surface area contributed by atoms with E-state index in [-0.39, 0.29) is 18.8 Å². The number of carbonyl (C=O) groups is 2. The molecule has 0 saturated heterocycles. The fourth-order valence-electron chi connectivity index (χ4n) is 0.779. The maximum atomic E-state index is 10.8. The smallest absolute Gasteiger partial charge is 0.305 e. The average molecular weight is 189 g/mol. The second-order valence-corrected chi connectivity index (χ2v) is 2.58. The number of rotatable bonds is 5. The maximum Gasteiger partial charge on any atom is 0.305 e. The summed E-state index contributed by atoms with van der Waals surface area (Å²) in [6.07, 6.45) is 0.780. The summed E-state index contributed by atoms with van der Waals surface area (Å²) >= 11 is 0. The Kier molecular flexibility index (Phi) is 5.88. The summed E-state index contributed by atoms with van der Waals surface area (Å²) in [4.78, 5) is 21.6. The topological polar surface area (TPSA) is 66.8 Å². The van der Waals surface area contributed by atoms with Crippen LogP contribution in [0.15, 0.2) is 0 Å². The quantitative estimate of drug-likeness (QED) is 0.390. The van der Waals surface area contributed by atoms with Crippen LogP contribution in [0.25, 0.3) is 0 Å². The van der Waals surface area contributed by atoms with Gasteiger partial charge in [0, 0.05) is 19.9 Å². The zero-order valence-corrected chi connectivity index (χ0v) is 7.95. The summed E-state index contributed by atoms with van der Waals surface area (Å²) in [6.45, 7) is 2.08. The van der Waals surface area contributed by atoms with Gasteiger partial charge >= 0.3 is 5.97 Å². The first-order valence-electron chi connectivity index (χ1n) is 4.19. The molecule has 0 aliphatic carbocycles. The Hall–Kier alpha value is -1.10. The van der Waals surface area contributed by atoms with E-state index in [9.17, 15) is 9.59 Å². The molecule has 0 aromatic rings. The van der Waals surface area contributed by atoms with Crippen molar-refractivity contribution < 1.29 is 19.5 Å². The molecule has 0 atom stereocenters. The molecule has 0 spiro atoms. The first-order valence-corrected chi connectivity index (χ1v) is 4.19. The minimum absolute atomic E-state index is 0.159. The van der Waals surface area contributed by atoms with E-state index in [1.807, 2.05) is 0 Å². The van der Waals surface area contributed by atoms with Crippen molar-refractivity contribution in [3.05, 3.63) is 0 Å². The zero-order chi connectivity index (χ0) is 10.3. The summed E-state index contributed by atoms with van der Waals surface area (Å²) in [5, 5.41) is 9.18. The number of ether oxygens (including phenoxy) is 1. The molecule has 0 saturated carbocycles. The fraction of sp³-hybridized carbons (Fsp3) is 0.750. The summed E-state index contributed by atoms with van der Waals surface area (Å²) in [5.74, 6) is -0.708. The molecule has 5 heteroatoms. The molecule has 0 heterocycles. The van der Waals surface area contributed by atoms with Crippen molar-refractivity contribution in [1.29, 1.82) is 0 Å². The highest BCUT2D eigenvalue weighted by Crippen LogP contribution is 1.99. The third kappa shape index (κ3) is 6.10. The lowest BCUT2D eigenvalue weighted by Crippen LogP contribution is -2.22. The van der Waals surface area contributed by atoms with Crippen LogP contribution in [0, 0.1) is 0 Å². The molecule has 13 heavy (non-hydrogen) atoms. The van der Waals surface area contributed by atoms with E-state index < -0.39 is 5.91 Å². The van der Waals surface area contributed by atoms with Crippen molar-refractivity contribution in [2.24, 2.45) is 0 Å². The molecule has 0 aliphatic heterocycles. The minimum Gasteiger partial charge on any atom is -0.466 e. The Morgan fingerprint density at radius 2 is 2.00 bits per heavy atom. The van der Waals surface area contributed by atoms with Crippen molar-refractivity contribution in [2.45, 2.75) is 26.2 Å². The fourth-order valence-corrected chi connectivity index (χ4v) is 0.779. The van der Waals surface area contributed by atoms with Crippen molar-refractivity contribution in [1.82, 2.24) is 5.06 Å². The molecule has 5 nitrogen and oxygen atoms in total. The predicted octanol–water partition coefficient (Wildman–Crippen LogP) is 0.567. The summed E-state index contributed by atoms with van der Waals surface area (Å²) in [5.41, 5.74) is 0. The summed E-state index contributed by atoms with van der Waals surface area (Å²) in [7, 11) is 1.26. The number of carbonyl (C=O) groups excluding carboxylic acids is 2. The van der Waals surface area contributed by atoms with Gasteiger partial charge in [0.25, 0.3) is 0 Å². The lowest BCUT2D eigenvalue weighted by molar-refractivity contribution is -0.159. The van der Waals surface area contributed by atoms with Crippen LogP contribution in [-0.2, 0) is 14.3 Å². The van der Waals surface area contributed by atoms with Crippen molar-refractivity contribution in [3.63, 3.8) is 0 Å². The van der Waals surface area contributed by atoms with E-state index in [4.69, 9.17) is 5.21 Å². The number of hydrogen-bond donors (Lipinski definition) is 1. The SMILES string of the molecule is CCOC(=O)CCCC(=O)N(C)O. The van der Waals surface area contributed by atoms with Gasteiger partial charge in [-0.15, -0.1) is 0 Å². The van der Waals surface area contributed by atoms with E-state index >= 15 is 0 Å². The molecule has 1 N–H and O–H groups in total. The van der Waals surface area contributed by atoms with Crippen molar-refractivity contribution in [3.8, 4) is 0 Å². The lowest BCUT2D eigenvalue weighted by Gasteiger charge is -2.07. The highest BCUT2D eigenvalue weighted by atomic mass is 16.5. The van der Waals surface area contributed by atoms with E-state index in [1.165, 1.54) is 7.05 Å². The second-order valence-electron chi connectivity index (χ2n) is 2.58. The third-order valence-electron chi connectivity index (χ3n) is 1.44. The van der Waals surface area contributed by atoms with Crippen LogP contribution in [0.4, 0.5) is 0 Å². The van der Waals surface area contributed by atoms with Crippen LogP contribution in [0.1, 0.15) is 26.2 Å². The van der Waals surface area contributed by atoms with Crippen molar-refractivity contribution in [2.75, 3.05) is 13.7 Å². The van der Waals surface area contributed by atoms with Crippen molar-refractivity contribution >= 4 is 11.9 Å². The van der Waals surface area contributed by atoms with Gasteiger partial charge in [-0.1, -0.05) is 0 Å². The number of amides is 1. The molecule has 0 bridgehead atoms. The molecule has 0 unspecified atom stereocenters. The standard InChI is InChI=1S/C8H15NO4/c1-3-13-8(11)6-4-5-7(10)9(2)12/h12H,3-6H2,1-2H3. The number of nitrogens with zero attached hydrogens (tertiary/aromatic N) is 1. The van der Waals surface area contributed by atoms with E-state index in [1.54, 1.807) is 6.92 Å². The predicted molar refractivity (Wildman–Crippen MR) is 45.0 cm³/mol. The Labute approximate surface area is 77.2 Å². The van der Waals surface area contributed by atoms with Crippen LogP contribution in [-0.4, -0.2) is 35.8 Å². The first-order chi connectivity index (χ1) is 6.07.